The number of hydrogen-bond donors (Lipinski definition) is 1. The Balaban J connectivity index is 1.68. The molecule has 0 saturated heterocycles. The summed E-state index contributed by atoms with van der Waals surface area (Å²) in [5.74, 6) is 0.647. The fourth-order valence-corrected chi connectivity index (χ4v) is 3.12. The number of halogens is 1. The van der Waals surface area contributed by atoms with Crippen molar-refractivity contribution in [3.8, 4) is 0 Å². The van der Waals surface area contributed by atoms with Crippen LogP contribution in [0.25, 0.3) is 0 Å². The molecule has 2 rings (SSSR count). The van der Waals surface area contributed by atoms with E-state index in [1.165, 1.54) is 18.4 Å². The molecule has 1 saturated carbocycles. The Kier molecular flexibility index (Phi) is 5.43. The van der Waals surface area contributed by atoms with Crippen molar-refractivity contribution in [2.24, 2.45) is 0 Å². The van der Waals surface area contributed by atoms with Gasteiger partial charge in [0.05, 0.1) is 0 Å². The van der Waals surface area contributed by atoms with Gasteiger partial charge in [0.1, 0.15) is 0 Å². The smallest absolute Gasteiger partial charge is 0.0408 e. The topological polar surface area (TPSA) is 29.1 Å². The molecule has 2 atom stereocenters. The van der Waals surface area contributed by atoms with Gasteiger partial charge in [-0.15, -0.1) is 0 Å². The Labute approximate surface area is 123 Å². The second-order valence-corrected chi connectivity index (χ2v) is 7.71. The van der Waals surface area contributed by atoms with Crippen LogP contribution in [0.5, 0.6) is 0 Å². The maximum atomic E-state index is 11.2. The zero-order valence-electron chi connectivity index (χ0n) is 11.6. The van der Waals surface area contributed by atoms with Crippen LogP contribution in [0.3, 0.4) is 0 Å². The van der Waals surface area contributed by atoms with Crippen LogP contribution < -0.4 is 5.32 Å². The summed E-state index contributed by atoms with van der Waals surface area (Å²) in [7, 11) is -0.703. The van der Waals surface area contributed by atoms with Crippen molar-refractivity contribution in [1.82, 2.24) is 5.32 Å². The summed E-state index contributed by atoms with van der Waals surface area (Å²) < 4.78 is 11.2. The molecule has 19 heavy (non-hydrogen) atoms. The average molecular weight is 300 g/mol. The van der Waals surface area contributed by atoms with Gasteiger partial charge in [-0.3, -0.25) is 4.21 Å². The van der Waals surface area contributed by atoms with Gasteiger partial charge in [0.25, 0.3) is 0 Å². The Morgan fingerprint density at radius 1 is 1.47 bits per heavy atom. The molecule has 106 valence electrons. The van der Waals surface area contributed by atoms with Crippen LogP contribution in [0, 0.1) is 0 Å². The van der Waals surface area contributed by atoms with E-state index in [4.69, 9.17) is 11.6 Å². The predicted octanol–water partition coefficient (Wildman–Crippen LogP) is 3.33. The summed E-state index contributed by atoms with van der Waals surface area (Å²) >= 11 is 6.01. The third-order valence-electron chi connectivity index (χ3n) is 4.01. The highest BCUT2D eigenvalue weighted by Gasteiger charge is 2.29. The van der Waals surface area contributed by atoms with Crippen molar-refractivity contribution >= 4 is 22.4 Å². The van der Waals surface area contributed by atoms with Gasteiger partial charge in [0.15, 0.2) is 0 Å². The number of benzene rings is 1. The summed E-state index contributed by atoms with van der Waals surface area (Å²) in [4.78, 5) is 0. The van der Waals surface area contributed by atoms with Crippen LogP contribution in [0.1, 0.15) is 37.7 Å². The minimum atomic E-state index is -0.703. The fraction of sp³-hybridized carbons (Fsp3) is 0.600. The molecule has 0 aromatic heterocycles. The normalized spacial score (nSPS) is 25.6. The number of rotatable bonds is 6. The van der Waals surface area contributed by atoms with E-state index in [1.807, 2.05) is 19.1 Å². The molecule has 0 amide bonds. The lowest BCUT2D eigenvalue weighted by molar-refractivity contribution is 0.290. The van der Waals surface area contributed by atoms with Crippen LogP contribution >= 0.6 is 11.6 Å². The third kappa shape index (κ3) is 4.30. The first-order chi connectivity index (χ1) is 9.06. The van der Waals surface area contributed by atoms with Crippen LogP contribution in [0.4, 0.5) is 0 Å². The molecule has 2 nitrogen and oxygen atoms in total. The minimum Gasteiger partial charge on any atom is -0.314 e. The Morgan fingerprint density at radius 3 is 2.84 bits per heavy atom. The summed E-state index contributed by atoms with van der Waals surface area (Å²) in [6.45, 7) is 3.01. The third-order valence-corrected chi connectivity index (χ3v) is 5.61. The lowest BCUT2D eigenvalue weighted by Crippen LogP contribution is -2.41. The zero-order valence-corrected chi connectivity index (χ0v) is 13.1. The second kappa shape index (κ2) is 6.87. The lowest BCUT2D eigenvalue weighted by atomic mass is 9.76. The van der Waals surface area contributed by atoms with Crippen molar-refractivity contribution < 1.29 is 4.21 Å². The second-order valence-electron chi connectivity index (χ2n) is 5.47. The van der Waals surface area contributed by atoms with Gasteiger partial charge in [0, 0.05) is 33.4 Å². The van der Waals surface area contributed by atoms with E-state index < -0.39 is 10.8 Å². The molecule has 2 unspecified atom stereocenters. The Morgan fingerprint density at radius 2 is 2.21 bits per heavy atom. The van der Waals surface area contributed by atoms with Gasteiger partial charge in [0.2, 0.25) is 0 Å². The highest BCUT2D eigenvalue weighted by Crippen LogP contribution is 2.37. The zero-order chi connectivity index (χ0) is 13.8. The molecule has 1 N–H and O–H groups in total. The SMILES string of the molecule is CC(CCNC1CC(c2cccc(Cl)c2)C1)S(C)=O. The van der Waals surface area contributed by atoms with E-state index in [2.05, 4.69) is 17.4 Å². The summed E-state index contributed by atoms with van der Waals surface area (Å²) in [5.41, 5.74) is 1.36. The van der Waals surface area contributed by atoms with Crippen molar-refractivity contribution in [3.63, 3.8) is 0 Å². The monoisotopic (exact) mass is 299 g/mol. The average Bonchev–Trinajstić information content (AvgIpc) is 2.31. The van der Waals surface area contributed by atoms with Gasteiger partial charge in [-0.2, -0.15) is 0 Å². The van der Waals surface area contributed by atoms with Gasteiger partial charge in [-0.1, -0.05) is 30.7 Å². The molecule has 4 heteroatoms. The van der Waals surface area contributed by atoms with E-state index in [0.29, 0.717) is 12.0 Å². The maximum Gasteiger partial charge on any atom is 0.0408 e. The first-order valence-corrected chi connectivity index (χ1v) is 8.87. The highest BCUT2D eigenvalue weighted by molar-refractivity contribution is 7.84. The van der Waals surface area contributed by atoms with Crippen molar-refractivity contribution in [1.29, 1.82) is 0 Å². The van der Waals surface area contributed by atoms with E-state index >= 15 is 0 Å². The minimum absolute atomic E-state index is 0.288. The molecular weight excluding hydrogens is 278 g/mol. The van der Waals surface area contributed by atoms with E-state index in [1.54, 1.807) is 6.26 Å². The van der Waals surface area contributed by atoms with Gasteiger partial charge in [-0.05, 0) is 49.4 Å². The molecule has 1 aliphatic rings. The van der Waals surface area contributed by atoms with Gasteiger partial charge in [-0.25, -0.2) is 0 Å². The maximum absolute atomic E-state index is 11.2. The first-order valence-electron chi connectivity index (χ1n) is 6.87. The molecular formula is C15H22ClNOS. The summed E-state index contributed by atoms with van der Waals surface area (Å²) in [6, 6.07) is 8.80. The molecule has 0 bridgehead atoms. The molecule has 0 heterocycles. The summed E-state index contributed by atoms with van der Waals surface area (Å²) in [5, 5.41) is 4.67. The molecule has 1 aromatic carbocycles. The van der Waals surface area contributed by atoms with Crippen LogP contribution in [-0.2, 0) is 10.8 Å². The van der Waals surface area contributed by atoms with Crippen molar-refractivity contribution in [3.05, 3.63) is 34.9 Å². The van der Waals surface area contributed by atoms with Gasteiger partial charge >= 0.3 is 0 Å². The Hall–Kier alpha value is -0.380. The van der Waals surface area contributed by atoms with Crippen LogP contribution in [0.2, 0.25) is 5.02 Å². The van der Waals surface area contributed by atoms with Crippen LogP contribution in [-0.4, -0.2) is 28.3 Å². The number of nitrogens with one attached hydrogen (secondary N) is 1. The highest BCUT2D eigenvalue weighted by atomic mass is 35.5. The molecule has 0 spiro atoms. The molecule has 1 fully saturated rings. The molecule has 0 radical (unpaired) electrons. The Bertz CT molecular complexity index is 446. The quantitative estimate of drug-likeness (QED) is 0.873. The largest absolute Gasteiger partial charge is 0.314 e. The van der Waals surface area contributed by atoms with E-state index in [-0.39, 0.29) is 5.25 Å². The van der Waals surface area contributed by atoms with E-state index in [9.17, 15) is 4.21 Å². The summed E-state index contributed by atoms with van der Waals surface area (Å²) in [6.07, 6.45) is 5.14. The fourth-order valence-electron chi connectivity index (χ4n) is 2.47. The molecule has 1 aliphatic carbocycles. The molecule has 1 aromatic rings. The van der Waals surface area contributed by atoms with Gasteiger partial charge < -0.3 is 5.32 Å². The first kappa shape index (κ1) is 15.0. The molecule has 0 aliphatic heterocycles. The lowest BCUT2D eigenvalue weighted by Gasteiger charge is -2.36. The standard InChI is InChI=1S/C15H22ClNOS/c1-11(19(2)18)6-7-17-15-9-13(10-15)12-4-3-5-14(16)8-12/h3-5,8,11,13,15,17H,6-7,9-10H2,1-2H3. The van der Waals surface area contributed by atoms with Crippen molar-refractivity contribution in [2.45, 2.75) is 43.4 Å². The van der Waals surface area contributed by atoms with Crippen LogP contribution in [0.15, 0.2) is 24.3 Å². The number of hydrogen-bond acceptors (Lipinski definition) is 2. The predicted molar refractivity (Wildman–Crippen MR) is 83.4 cm³/mol. The van der Waals surface area contributed by atoms with Crippen molar-refractivity contribution in [2.75, 3.05) is 12.8 Å². The van der Waals surface area contributed by atoms with E-state index in [0.717, 1.165) is 18.0 Å².